The number of hydrogen-bond acceptors (Lipinski definition) is 8. The number of benzene rings is 2. The Bertz CT molecular complexity index is 2220. The van der Waals surface area contributed by atoms with Crippen LogP contribution in [0.15, 0.2) is 76.0 Å². The van der Waals surface area contributed by atoms with Crippen molar-refractivity contribution in [3.8, 4) is 34.1 Å². The number of fused-ring (bicyclic) bond motifs is 6. The molecule has 3 aromatic carbocycles. The maximum Gasteiger partial charge on any atom is 0.220 e. The van der Waals surface area contributed by atoms with Crippen molar-refractivity contribution in [3.63, 3.8) is 0 Å². The van der Waals surface area contributed by atoms with Crippen molar-refractivity contribution in [2.45, 2.75) is 84.2 Å². The number of ether oxygens (including phenoxy) is 1. The van der Waals surface area contributed by atoms with Crippen LogP contribution in [0.5, 0.6) is 23.0 Å². The van der Waals surface area contributed by atoms with Crippen LogP contribution in [-0.4, -0.2) is 46.5 Å². The van der Waals surface area contributed by atoms with Gasteiger partial charge in [0.05, 0.1) is 19.2 Å². The minimum atomic E-state index is -0.457. The molecule has 3 aliphatic rings. The van der Waals surface area contributed by atoms with Gasteiger partial charge in [-0.25, -0.2) is 0 Å². The topological polar surface area (TPSA) is 145 Å². The minimum Gasteiger partial charge on any atom is -0.504 e. The van der Waals surface area contributed by atoms with Crippen LogP contribution in [-0.2, 0) is 22.4 Å². The van der Waals surface area contributed by atoms with E-state index < -0.39 is 6.04 Å². The third kappa shape index (κ3) is 7.57. The predicted octanol–water partition coefficient (Wildman–Crippen LogP) is 7.69. The molecule has 0 heterocycles. The Morgan fingerprint density at radius 3 is 2.19 bits per heavy atom. The first-order valence-corrected chi connectivity index (χ1v) is 19.6. The molecule has 3 aliphatic carbocycles. The SMILES string of the molecule is C=C1C=C2C(=CC=C1SC)c1c(cc(C)c(O)c1OC)CCC2NC(=O)CCCCC(=O)N[C@H]1CCc2cc(O)c(O)c(C)c2-c2ccc(C)c(=O)cc21. The van der Waals surface area contributed by atoms with Gasteiger partial charge >= 0.3 is 0 Å². The standard InChI is InChI=1S/C44H48N2O7S/c1-23-11-14-29-32(22-35(23)47)34(17-13-28-21-36(48)43(52)26(4)40(28)29)46-39(50)10-8-7-9-38(49)45-33-16-12-27-19-25(3)42(51)44(53-5)41(27)30-15-18-37(54-6)24(2)20-31(30)33/h11,14-15,18-22,33-34,48,51-52H,2,7-10,12-13,16-17H2,1,3-6H3,(H,45,49)(H,46,50)/t33?,34-/m0/s1. The molecule has 6 rings (SSSR count). The lowest BCUT2D eigenvalue weighted by atomic mass is 9.90. The van der Waals surface area contributed by atoms with Crippen LogP contribution in [0.3, 0.4) is 0 Å². The number of carbonyl (C=O) groups is 2. The Kier molecular flexibility index (Phi) is 11.4. The molecule has 282 valence electrons. The highest BCUT2D eigenvalue weighted by atomic mass is 32.2. The zero-order chi connectivity index (χ0) is 38.8. The van der Waals surface area contributed by atoms with Gasteiger partial charge in [0.25, 0.3) is 0 Å². The number of rotatable bonds is 9. The van der Waals surface area contributed by atoms with Crippen molar-refractivity contribution in [3.05, 3.63) is 120 Å². The quantitative estimate of drug-likeness (QED) is 0.111. The first kappa shape index (κ1) is 38.5. The first-order chi connectivity index (χ1) is 25.8. The van der Waals surface area contributed by atoms with Gasteiger partial charge in [0, 0.05) is 28.9 Å². The molecule has 0 saturated heterocycles. The van der Waals surface area contributed by atoms with Crippen molar-refractivity contribution in [2.75, 3.05) is 13.4 Å². The van der Waals surface area contributed by atoms with Crippen molar-refractivity contribution in [1.82, 2.24) is 10.6 Å². The summed E-state index contributed by atoms with van der Waals surface area (Å²) in [5.74, 6) is -0.181. The number of methoxy groups -OCH3 is 1. The number of unbranched alkanes of at least 4 members (excludes halogenated alkanes) is 1. The molecule has 0 fully saturated rings. The van der Waals surface area contributed by atoms with Gasteiger partial charge in [-0.15, -0.1) is 11.8 Å². The average molecular weight is 749 g/mol. The lowest BCUT2D eigenvalue weighted by Gasteiger charge is -2.23. The Labute approximate surface area is 320 Å². The van der Waals surface area contributed by atoms with Gasteiger partial charge in [0.1, 0.15) is 0 Å². The normalized spacial score (nSPS) is 17.5. The fraction of sp³-hybridized carbons (Fsp3) is 0.341. The van der Waals surface area contributed by atoms with Crippen LogP contribution in [0.2, 0.25) is 0 Å². The highest BCUT2D eigenvalue weighted by Gasteiger charge is 2.32. The number of aryl methyl sites for hydroxylation is 4. The smallest absolute Gasteiger partial charge is 0.220 e. The van der Waals surface area contributed by atoms with E-state index in [0.717, 1.165) is 55.0 Å². The first-order valence-electron chi connectivity index (χ1n) is 18.4. The van der Waals surface area contributed by atoms with Crippen molar-refractivity contribution < 1.29 is 29.6 Å². The van der Waals surface area contributed by atoms with E-state index in [2.05, 4.69) is 17.2 Å². The number of aromatic hydroxyl groups is 3. The molecule has 54 heavy (non-hydrogen) atoms. The summed E-state index contributed by atoms with van der Waals surface area (Å²) in [4.78, 5) is 40.8. The molecular weight excluding hydrogens is 701 g/mol. The number of phenolic OH excluding ortho intramolecular Hbond substituents is 3. The number of hydrogen-bond donors (Lipinski definition) is 5. The van der Waals surface area contributed by atoms with Gasteiger partial charge in [-0.2, -0.15) is 0 Å². The van der Waals surface area contributed by atoms with E-state index in [1.807, 2.05) is 43.5 Å². The van der Waals surface area contributed by atoms with E-state index in [-0.39, 0.29) is 53.4 Å². The molecule has 9 nitrogen and oxygen atoms in total. The van der Waals surface area contributed by atoms with Crippen LogP contribution in [0.4, 0.5) is 0 Å². The second-order valence-electron chi connectivity index (χ2n) is 14.4. The van der Waals surface area contributed by atoms with Crippen LogP contribution < -0.4 is 20.8 Å². The molecule has 0 radical (unpaired) electrons. The maximum absolute atomic E-state index is 13.5. The molecule has 10 heteroatoms. The van der Waals surface area contributed by atoms with Crippen LogP contribution in [0.1, 0.15) is 83.5 Å². The fourth-order valence-electron chi connectivity index (χ4n) is 7.93. The highest BCUT2D eigenvalue weighted by molar-refractivity contribution is 8.02. The molecule has 0 bridgehead atoms. The highest BCUT2D eigenvalue weighted by Crippen LogP contribution is 2.47. The molecule has 3 aromatic rings. The van der Waals surface area contributed by atoms with Gasteiger partial charge in [0.2, 0.25) is 11.8 Å². The molecule has 2 amide bonds. The van der Waals surface area contributed by atoms with Gasteiger partial charge in [-0.05, 0) is 146 Å². The van der Waals surface area contributed by atoms with Crippen LogP contribution >= 0.6 is 11.8 Å². The van der Waals surface area contributed by atoms with Gasteiger partial charge in [-0.1, -0.05) is 30.9 Å². The number of nitrogens with one attached hydrogen (secondary N) is 2. The molecule has 0 saturated carbocycles. The summed E-state index contributed by atoms with van der Waals surface area (Å²) in [6.45, 7) is 9.63. The zero-order valence-electron chi connectivity index (χ0n) is 31.5. The summed E-state index contributed by atoms with van der Waals surface area (Å²) < 4.78 is 5.75. The maximum atomic E-state index is 13.5. The Morgan fingerprint density at radius 2 is 1.52 bits per heavy atom. The second kappa shape index (κ2) is 16.0. The number of thioether (sulfide) groups is 1. The van der Waals surface area contributed by atoms with Crippen molar-refractivity contribution in [2.24, 2.45) is 0 Å². The number of carbonyl (C=O) groups excluding carboxylic acids is 2. The van der Waals surface area contributed by atoms with E-state index in [0.29, 0.717) is 61.0 Å². The van der Waals surface area contributed by atoms with Crippen molar-refractivity contribution >= 4 is 29.1 Å². The summed E-state index contributed by atoms with van der Waals surface area (Å²) in [7, 11) is 1.55. The average Bonchev–Trinajstić information content (AvgIpc) is 3.52. The van der Waals surface area contributed by atoms with Gasteiger partial charge in [0.15, 0.2) is 28.4 Å². The Balaban J connectivity index is 1.13. The summed E-state index contributed by atoms with van der Waals surface area (Å²) in [5.41, 5.74) is 9.14. The summed E-state index contributed by atoms with van der Waals surface area (Å²) in [5, 5.41) is 38.2. The van der Waals surface area contributed by atoms with Crippen molar-refractivity contribution in [1.29, 1.82) is 0 Å². The summed E-state index contributed by atoms with van der Waals surface area (Å²) >= 11 is 1.59. The third-order valence-electron chi connectivity index (χ3n) is 10.8. The fourth-order valence-corrected chi connectivity index (χ4v) is 8.45. The largest absolute Gasteiger partial charge is 0.504 e. The van der Waals surface area contributed by atoms with E-state index in [4.69, 9.17) is 4.74 Å². The molecule has 0 aromatic heterocycles. The lowest BCUT2D eigenvalue weighted by Crippen LogP contribution is -2.36. The van der Waals surface area contributed by atoms with Gasteiger partial charge in [-0.3, -0.25) is 14.4 Å². The monoisotopic (exact) mass is 748 g/mol. The molecule has 0 aliphatic heterocycles. The van der Waals surface area contributed by atoms with E-state index in [9.17, 15) is 29.7 Å². The number of phenols is 3. The summed E-state index contributed by atoms with van der Waals surface area (Å²) in [6, 6.07) is 7.96. The summed E-state index contributed by atoms with van der Waals surface area (Å²) in [6.07, 6.45) is 11.8. The number of allylic oxidation sites excluding steroid dienone is 4. The zero-order valence-corrected chi connectivity index (χ0v) is 32.3. The van der Waals surface area contributed by atoms with E-state index in [1.165, 1.54) is 0 Å². The molecule has 0 spiro atoms. The molecule has 1 unspecified atom stereocenters. The lowest BCUT2D eigenvalue weighted by molar-refractivity contribution is -0.123. The van der Waals surface area contributed by atoms with E-state index >= 15 is 0 Å². The molecule has 2 atom stereocenters. The van der Waals surface area contributed by atoms with Gasteiger partial charge < -0.3 is 30.7 Å². The molecular formula is C44H48N2O7S. The minimum absolute atomic E-state index is 0.100. The predicted molar refractivity (Wildman–Crippen MR) is 215 cm³/mol. The molecule has 5 N–H and O–H groups in total. The Hall–Kier alpha value is -5.22. The van der Waals surface area contributed by atoms with E-state index in [1.54, 1.807) is 50.9 Å². The third-order valence-corrected chi connectivity index (χ3v) is 11.7. The second-order valence-corrected chi connectivity index (χ2v) is 15.2. The number of amides is 2. The van der Waals surface area contributed by atoms with Crippen LogP contribution in [0, 0.1) is 20.8 Å². The Morgan fingerprint density at radius 1 is 0.870 bits per heavy atom. The van der Waals surface area contributed by atoms with Crippen LogP contribution in [0.25, 0.3) is 16.7 Å².